The zero-order valence-electron chi connectivity index (χ0n) is 5.58. The minimum atomic E-state index is -2.87. The molecular weight excluding hydrogens is 154 g/mol. The van der Waals surface area contributed by atoms with Crippen LogP contribution in [0.15, 0.2) is 0 Å². The smallest absolute Gasteiger partial charge is 0.153 e. The number of sulfone groups is 1. The molecule has 0 spiro atoms. The van der Waals surface area contributed by atoms with Crippen LogP contribution < -0.4 is 5.32 Å². The van der Waals surface area contributed by atoms with Gasteiger partial charge in [-0.2, -0.15) is 0 Å². The first-order valence-corrected chi connectivity index (χ1v) is 5.01. The van der Waals surface area contributed by atoms with E-state index in [2.05, 4.69) is 5.32 Å². The van der Waals surface area contributed by atoms with Gasteiger partial charge < -0.3 is 10.4 Å². The molecule has 5 heteroatoms. The molecule has 10 heavy (non-hydrogen) atoms. The molecule has 4 nitrogen and oxygen atoms in total. The molecule has 1 heterocycles. The van der Waals surface area contributed by atoms with Crippen LogP contribution in [0.1, 0.15) is 0 Å². The largest absolute Gasteiger partial charge is 0.395 e. The third-order valence-corrected chi connectivity index (χ3v) is 3.26. The highest BCUT2D eigenvalue weighted by Gasteiger charge is 2.22. The van der Waals surface area contributed by atoms with E-state index in [1.165, 1.54) is 0 Å². The van der Waals surface area contributed by atoms with Crippen molar-refractivity contribution in [1.82, 2.24) is 5.32 Å². The topological polar surface area (TPSA) is 66.4 Å². The second kappa shape index (κ2) is 2.86. The van der Waals surface area contributed by atoms with Crippen LogP contribution in [0, 0.1) is 0 Å². The third kappa shape index (κ3) is 1.93. The molecule has 0 radical (unpaired) electrons. The van der Waals surface area contributed by atoms with E-state index in [4.69, 9.17) is 5.11 Å². The van der Waals surface area contributed by atoms with E-state index >= 15 is 0 Å². The molecular formula is C5H11NO3S. The maximum Gasteiger partial charge on any atom is 0.153 e. The summed E-state index contributed by atoms with van der Waals surface area (Å²) < 4.78 is 21.7. The van der Waals surface area contributed by atoms with Crippen LogP contribution in [0.2, 0.25) is 0 Å². The molecule has 1 fully saturated rings. The zero-order valence-corrected chi connectivity index (χ0v) is 6.39. The highest BCUT2D eigenvalue weighted by Crippen LogP contribution is 1.99. The summed E-state index contributed by atoms with van der Waals surface area (Å²) in [5, 5.41) is 11.5. The summed E-state index contributed by atoms with van der Waals surface area (Å²) in [5.74, 6) is 0.271. The first-order chi connectivity index (χ1) is 4.64. The maximum absolute atomic E-state index is 10.9. The molecule has 0 aliphatic carbocycles. The van der Waals surface area contributed by atoms with Crippen molar-refractivity contribution in [2.45, 2.75) is 6.04 Å². The van der Waals surface area contributed by atoms with E-state index in [1.807, 2.05) is 0 Å². The lowest BCUT2D eigenvalue weighted by Crippen LogP contribution is -2.46. The first-order valence-electron chi connectivity index (χ1n) is 3.19. The normalized spacial score (nSPS) is 31.9. The van der Waals surface area contributed by atoms with Gasteiger partial charge in [0.2, 0.25) is 0 Å². The SMILES string of the molecule is O=S1(=O)CCNC(CO)C1. The van der Waals surface area contributed by atoms with Crippen molar-refractivity contribution >= 4 is 9.84 Å². The fourth-order valence-corrected chi connectivity index (χ4v) is 2.42. The Bertz CT molecular complexity index is 199. The van der Waals surface area contributed by atoms with Crippen molar-refractivity contribution in [2.75, 3.05) is 24.7 Å². The Labute approximate surface area is 60.2 Å². The predicted molar refractivity (Wildman–Crippen MR) is 37.5 cm³/mol. The summed E-state index contributed by atoms with van der Waals surface area (Å²) >= 11 is 0. The molecule has 1 rings (SSSR count). The van der Waals surface area contributed by atoms with Crippen LogP contribution in [-0.4, -0.2) is 44.2 Å². The molecule has 1 atom stereocenters. The van der Waals surface area contributed by atoms with Crippen molar-refractivity contribution < 1.29 is 13.5 Å². The Morgan fingerprint density at radius 1 is 1.60 bits per heavy atom. The molecule has 0 bridgehead atoms. The minimum Gasteiger partial charge on any atom is -0.395 e. The fraction of sp³-hybridized carbons (Fsp3) is 1.00. The Kier molecular flexibility index (Phi) is 2.28. The lowest BCUT2D eigenvalue weighted by atomic mass is 10.3. The van der Waals surface area contributed by atoms with Crippen molar-refractivity contribution in [3.8, 4) is 0 Å². The van der Waals surface area contributed by atoms with E-state index < -0.39 is 9.84 Å². The van der Waals surface area contributed by atoms with Crippen LogP contribution in [-0.2, 0) is 9.84 Å². The van der Waals surface area contributed by atoms with Gasteiger partial charge in [-0.1, -0.05) is 0 Å². The van der Waals surface area contributed by atoms with E-state index in [1.54, 1.807) is 0 Å². The summed E-state index contributed by atoms with van der Waals surface area (Å²) in [6.45, 7) is 0.368. The molecule has 0 aromatic carbocycles. The zero-order chi connectivity index (χ0) is 7.61. The minimum absolute atomic E-state index is 0.0729. The number of aliphatic hydroxyl groups is 1. The average Bonchev–Trinajstić information content (AvgIpc) is 1.86. The fourth-order valence-electron chi connectivity index (χ4n) is 0.985. The van der Waals surface area contributed by atoms with Gasteiger partial charge in [-0.15, -0.1) is 0 Å². The van der Waals surface area contributed by atoms with E-state index in [9.17, 15) is 8.42 Å². The molecule has 1 unspecified atom stereocenters. The quantitative estimate of drug-likeness (QED) is 0.489. The van der Waals surface area contributed by atoms with Gasteiger partial charge >= 0.3 is 0 Å². The van der Waals surface area contributed by atoms with Crippen molar-refractivity contribution in [3.63, 3.8) is 0 Å². The van der Waals surface area contributed by atoms with Crippen LogP contribution in [0.4, 0.5) is 0 Å². The molecule has 0 aromatic rings. The van der Waals surface area contributed by atoms with Gasteiger partial charge in [0.05, 0.1) is 18.1 Å². The van der Waals surface area contributed by atoms with E-state index in [-0.39, 0.29) is 24.2 Å². The van der Waals surface area contributed by atoms with Gasteiger partial charge in [-0.3, -0.25) is 0 Å². The number of aliphatic hydroxyl groups excluding tert-OH is 1. The average molecular weight is 165 g/mol. The van der Waals surface area contributed by atoms with Gasteiger partial charge in [-0.25, -0.2) is 8.42 Å². The molecule has 0 saturated carbocycles. The standard InChI is InChI=1S/C5H11NO3S/c7-3-5-4-10(8,9)2-1-6-5/h5-7H,1-4H2. The summed E-state index contributed by atoms with van der Waals surface area (Å²) in [6, 6.07) is -0.251. The summed E-state index contributed by atoms with van der Waals surface area (Å²) in [5.41, 5.74) is 0. The Hall–Kier alpha value is -0.130. The number of rotatable bonds is 1. The highest BCUT2D eigenvalue weighted by molar-refractivity contribution is 7.91. The van der Waals surface area contributed by atoms with Gasteiger partial charge in [0.1, 0.15) is 0 Å². The molecule has 60 valence electrons. The number of hydrogen-bond donors (Lipinski definition) is 2. The molecule has 1 aliphatic heterocycles. The van der Waals surface area contributed by atoms with E-state index in [0.717, 1.165) is 0 Å². The Morgan fingerprint density at radius 3 is 2.70 bits per heavy atom. The van der Waals surface area contributed by atoms with Crippen LogP contribution in [0.3, 0.4) is 0 Å². The predicted octanol–water partition coefficient (Wildman–Crippen LogP) is -1.63. The third-order valence-electron chi connectivity index (χ3n) is 1.52. The second-order valence-corrected chi connectivity index (χ2v) is 4.68. The monoisotopic (exact) mass is 165 g/mol. The molecule has 1 aliphatic rings. The molecule has 1 saturated heterocycles. The van der Waals surface area contributed by atoms with E-state index in [0.29, 0.717) is 6.54 Å². The molecule has 0 amide bonds. The van der Waals surface area contributed by atoms with Gasteiger partial charge in [0.25, 0.3) is 0 Å². The summed E-state index contributed by atoms with van der Waals surface area (Å²) in [7, 11) is -2.87. The summed E-state index contributed by atoms with van der Waals surface area (Å²) in [6.07, 6.45) is 0. The Morgan fingerprint density at radius 2 is 2.30 bits per heavy atom. The van der Waals surface area contributed by atoms with Gasteiger partial charge in [0, 0.05) is 12.6 Å². The molecule has 0 aromatic heterocycles. The van der Waals surface area contributed by atoms with Crippen LogP contribution in [0.5, 0.6) is 0 Å². The lowest BCUT2D eigenvalue weighted by Gasteiger charge is -2.21. The number of hydrogen-bond acceptors (Lipinski definition) is 4. The second-order valence-electron chi connectivity index (χ2n) is 2.45. The maximum atomic E-state index is 10.9. The first kappa shape index (κ1) is 7.97. The van der Waals surface area contributed by atoms with Crippen molar-refractivity contribution in [1.29, 1.82) is 0 Å². The van der Waals surface area contributed by atoms with Crippen molar-refractivity contribution in [2.24, 2.45) is 0 Å². The van der Waals surface area contributed by atoms with Gasteiger partial charge in [-0.05, 0) is 0 Å². The lowest BCUT2D eigenvalue weighted by molar-refractivity contribution is 0.252. The van der Waals surface area contributed by atoms with Crippen LogP contribution >= 0.6 is 0 Å². The van der Waals surface area contributed by atoms with Gasteiger partial charge in [0.15, 0.2) is 9.84 Å². The highest BCUT2D eigenvalue weighted by atomic mass is 32.2. The van der Waals surface area contributed by atoms with Crippen LogP contribution in [0.25, 0.3) is 0 Å². The summed E-state index contributed by atoms with van der Waals surface area (Å²) in [4.78, 5) is 0. The Balaban J connectivity index is 2.56. The van der Waals surface area contributed by atoms with Crippen molar-refractivity contribution in [3.05, 3.63) is 0 Å². The number of nitrogens with one attached hydrogen (secondary N) is 1. The molecule has 2 N–H and O–H groups in total.